The molecule has 0 bridgehead atoms. The van der Waals surface area contributed by atoms with Crippen LogP contribution in [0.2, 0.25) is 0 Å². The zero-order valence-corrected chi connectivity index (χ0v) is 11.7. The maximum atomic E-state index is 11.8. The highest BCUT2D eigenvalue weighted by molar-refractivity contribution is 5.84. The SMILES string of the molecule is C=C1C(CC(=O)OCc2ccccc2)OC(=O)C1(C)C. The molecule has 0 aliphatic carbocycles. The minimum Gasteiger partial charge on any atom is -0.461 e. The van der Waals surface area contributed by atoms with E-state index in [9.17, 15) is 9.59 Å². The predicted molar refractivity (Wildman–Crippen MR) is 73.7 cm³/mol. The largest absolute Gasteiger partial charge is 0.461 e. The number of hydrogen-bond donors (Lipinski definition) is 0. The number of hydrogen-bond acceptors (Lipinski definition) is 4. The van der Waals surface area contributed by atoms with Crippen molar-refractivity contribution >= 4 is 11.9 Å². The zero-order valence-electron chi connectivity index (χ0n) is 11.7. The fourth-order valence-electron chi connectivity index (χ4n) is 1.99. The van der Waals surface area contributed by atoms with Gasteiger partial charge in [0.1, 0.15) is 12.7 Å². The van der Waals surface area contributed by atoms with Gasteiger partial charge in [-0.25, -0.2) is 0 Å². The molecule has 1 unspecified atom stereocenters. The summed E-state index contributed by atoms with van der Waals surface area (Å²) in [6.45, 7) is 7.56. The average Bonchev–Trinajstić information content (AvgIpc) is 2.61. The average molecular weight is 274 g/mol. The van der Waals surface area contributed by atoms with Crippen molar-refractivity contribution in [1.82, 2.24) is 0 Å². The third-order valence-electron chi connectivity index (χ3n) is 3.55. The first-order valence-electron chi connectivity index (χ1n) is 6.51. The summed E-state index contributed by atoms with van der Waals surface area (Å²) in [5.74, 6) is -0.742. The van der Waals surface area contributed by atoms with Crippen LogP contribution in [0, 0.1) is 5.41 Å². The molecule has 0 N–H and O–H groups in total. The van der Waals surface area contributed by atoms with E-state index >= 15 is 0 Å². The van der Waals surface area contributed by atoms with Gasteiger partial charge >= 0.3 is 11.9 Å². The van der Waals surface area contributed by atoms with Gasteiger partial charge in [0, 0.05) is 0 Å². The van der Waals surface area contributed by atoms with Crippen molar-refractivity contribution in [2.45, 2.75) is 33.0 Å². The van der Waals surface area contributed by atoms with Crippen LogP contribution >= 0.6 is 0 Å². The van der Waals surface area contributed by atoms with Gasteiger partial charge in [0.15, 0.2) is 0 Å². The standard InChI is InChI=1S/C16H18O4/c1-11-13(20-15(18)16(11,2)3)9-14(17)19-10-12-7-5-4-6-8-12/h4-8,13H,1,9-10H2,2-3H3. The van der Waals surface area contributed by atoms with Crippen molar-refractivity contribution in [1.29, 1.82) is 0 Å². The summed E-state index contributed by atoms with van der Waals surface area (Å²) in [6, 6.07) is 9.42. The molecule has 0 radical (unpaired) electrons. The van der Waals surface area contributed by atoms with E-state index in [2.05, 4.69) is 6.58 Å². The molecule has 0 spiro atoms. The molecule has 1 aliphatic heterocycles. The molecule has 1 aromatic carbocycles. The van der Waals surface area contributed by atoms with Gasteiger partial charge in [0.05, 0.1) is 11.8 Å². The number of ether oxygens (including phenoxy) is 2. The van der Waals surface area contributed by atoms with Crippen molar-refractivity contribution in [3.63, 3.8) is 0 Å². The van der Waals surface area contributed by atoms with Gasteiger partial charge in [-0.05, 0) is 25.0 Å². The topological polar surface area (TPSA) is 52.6 Å². The molecule has 1 aromatic rings. The molecule has 1 atom stereocenters. The van der Waals surface area contributed by atoms with E-state index in [4.69, 9.17) is 9.47 Å². The third kappa shape index (κ3) is 2.90. The molecule has 1 fully saturated rings. The molecule has 0 aromatic heterocycles. The van der Waals surface area contributed by atoms with Gasteiger partial charge in [-0.15, -0.1) is 0 Å². The van der Waals surface area contributed by atoms with E-state index in [0.29, 0.717) is 5.57 Å². The van der Waals surface area contributed by atoms with Crippen LogP contribution in [0.25, 0.3) is 0 Å². The van der Waals surface area contributed by atoms with Crippen molar-refractivity contribution in [2.24, 2.45) is 5.41 Å². The van der Waals surface area contributed by atoms with E-state index in [1.165, 1.54) is 0 Å². The van der Waals surface area contributed by atoms with Crippen LogP contribution in [0.15, 0.2) is 42.5 Å². The number of cyclic esters (lactones) is 1. The summed E-state index contributed by atoms with van der Waals surface area (Å²) in [5.41, 5.74) is 0.812. The fourth-order valence-corrected chi connectivity index (χ4v) is 1.99. The first kappa shape index (κ1) is 14.3. The summed E-state index contributed by atoms with van der Waals surface area (Å²) in [4.78, 5) is 23.4. The highest BCUT2D eigenvalue weighted by Crippen LogP contribution is 2.38. The smallest absolute Gasteiger partial charge is 0.316 e. The fraction of sp³-hybridized carbons (Fsp3) is 0.375. The highest BCUT2D eigenvalue weighted by atomic mass is 16.6. The molecule has 4 nitrogen and oxygen atoms in total. The number of carbonyl (C=O) groups excluding carboxylic acids is 2. The summed E-state index contributed by atoms with van der Waals surface area (Å²) in [5, 5.41) is 0. The Bertz CT molecular complexity index is 531. The Kier molecular flexibility index (Phi) is 3.93. The van der Waals surface area contributed by atoms with E-state index in [-0.39, 0.29) is 19.0 Å². The second-order valence-electron chi connectivity index (χ2n) is 5.39. The zero-order chi connectivity index (χ0) is 14.8. The lowest BCUT2D eigenvalue weighted by Crippen LogP contribution is -2.20. The molecular weight excluding hydrogens is 256 g/mol. The highest BCUT2D eigenvalue weighted by Gasteiger charge is 2.45. The maximum Gasteiger partial charge on any atom is 0.316 e. The Labute approximate surface area is 118 Å². The number of esters is 2. The predicted octanol–water partition coefficient (Wildman–Crippen LogP) is 2.63. The number of rotatable bonds is 4. The summed E-state index contributed by atoms with van der Waals surface area (Å²) in [7, 11) is 0. The summed E-state index contributed by atoms with van der Waals surface area (Å²) in [6.07, 6.45) is -0.568. The van der Waals surface area contributed by atoms with Gasteiger partial charge in [-0.1, -0.05) is 36.9 Å². The van der Waals surface area contributed by atoms with Crippen molar-refractivity contribution < 1.29 is 19.1 Å². The quantitative estimate of drug-likeness (QED) is 0.625. The lowest BCUT2D eigenvalue weighted by atomic mass is 9.84. The molecule has 4 heteroatoms. The Morgan fingerprint density at radius 1 is 1.35 bits per heavy atom. The lowest BCUT2D eigenvalue weighted by Gasteiger charge is -2.14. The lowest BCUT2D eigenvalue weighted by molar-refractivity contribution is -0.152. The second-order valence-corrected chi connectivity index (χ2v) is 5.39. The van der Waals surface area contributed by atoms with Gasteiger partial charge in [0.25, 0.3) is 0 Å². The maximum absolute atomic E-state index is 11.8. The molecule has 106 valence electrons. The van der Waals surface area contributed by atoms with Gasteiger partial charge in [-0.2, -0.15) is 0 Å². The van der Waals surface area contributed by atoms with E-state index < -0.39 is 17.5 Å². The minimum atomic E-state index is -0.732. The van der Waals surface area contributed by atoms with E-state index in [0.717, 1.165) is 5.56 Å². The second kappa shape index (κ2) is 5.49. The monoisotopic (exact) mass is 274 g/mol. The Morgan fingerprint density at radius 2 is 2.00 bits per heavy atom. The first-order chi connectivity index (χ1) is 9.41. The van der Waals surface area contributed by atoms with Crippen LogP contribution in [0.5, 0.6) is 0 Å². The Morgan fingerprint density at radius 3 is 2.55 bits per heavy atom. The van der Waals surface area contributed by atoms with Gasteiger partial charge in [-0.3, -0.25) is 9.59 Å². The molecule has 0 saturated carbocycles. The Hall–Kier alpha value is -2.10. The minimum absolute atomic E-state index is 0.0147. The number of benzene rings is 1. The molecule has 1 saturated heterocycles. The van der Waals surface area contributed by atoms with Crippen LogP contribution in [0.4, 0.5) is 0 Å². The molecule has 20 heavy (non-hydrogen) atoms. The summed E-state index contributed by atoms with van der Waals surface area (Å²) >= 11 is 0. The Balaban J connectivity index is 1.87. The van der Waals surface area contributed by atoms with Crippen molar-refractivity contribution in [2.75, 3.05) is 0 Å². The summed E-state index contributed by atoms with van der Waals surface area (Å²) < 4.78 is 10.3. The van der Waals surface area contributed by atoms with Crippen molar-refractivity contribution in [3.8, 4) is 0 Å². The van der Waals surface area contributed by atoms with E-state index in [1.54, 1.807) is 13.8 Å². The van der Waals surface area contributed by atoms with Gasteiger partial charge in [0.2, 0.25) is 0 Å². The van der Waals surface area contributed by atoms with Crippen LogP contribution in [0.1, 0.15) is 25.8 Å². The van der Waals surface area contributed by atoms with Gasteiger partial charge < -0.3 is 9.47 Å². The third-order valence-corrected chi connectivity index (χ3v) is 3.55. The molecule has 1 aliphatic rings. The first-order valence-corrected chi connectivity index (χ1v) is 6.51. The molecule has 0 amide bonds. The van der Waals surface area contributed by atoms with Crippen LogP contribution in [-0.4, -0.2) is 18.0 Å². The van der Waals surface area contributed by atoms with Crippen LogP contribution in [-0.2, 0) is 25.7 Å². The molecule has 1 heterocycles. The van der Waals surface area contributed by atoms with Crippen molar-refractivity contribution in [3.05, 3.63) is 48.0 Å². The van der Waals surface area contributed by atoms with E-state index in [1.807, 2.05) is 30.3 Å². The van der Waals surface area contributed by atoms with Crippen LogP contribution < -0.4 is 0 Å². The number of carbonyl (C=O) groups is 2. The normalized spacial score (nSPS) is 20.6. The molecule has 2 rings (SSSR count). The molecular formula is C16H18O4. The van der Waals surface area contributed by atoms with Crippen LogP contribution in [0.3, 0.4) is 0 Å².